The molecule has 144 valence electrons. The van der Waals surface area contributed by atoms with Crippen molar-refractivity contribution >= 4 is 34.0 Å². The fraction of sp³-hybridized carbons (Fsp3) is 0.261. The first-order valence-corrected chi connectivity index (χ1v) is 10.6. The number of benzene rings is 2. The van der Waals surface area contributed by atoms with E-state index in [1.54, 1.807) is 18.9 Å². The van der Waals surface area contributed by atoms with Crippen molar-refractivity contribution in [2.75, 3.05) is 19.4 Å². The van der Waals surface area contributed by atoms with Gasteiger partial charge in [0.2, 0.25) is 0 Å². The summed E-state index contributed by atoms with van der Waals surface area (Å²) in [5, 5.41) is 4.53. The van der Waals surface area contributed by atoms with Gasteiger partial charge in [-0.1, -0.05) is 36.4 Å². The molecule has 0 spiro atoms. The molecule has 0 radical (unpaired) electrons. The van der Waals surface area contributed by atoms with Gasteiger partial charge in [0.25, 0.3) is 0 Å². The molecule has 28 heavy (non-hydrogen) atoms. The van der Waals surface area contributed by atoms with Crippen LogP contribution in [0.3, 0.4) is 0 Å². The van der Waals surface area contributed by atoms with E-state index in [4.69, 9.17) is 4.74 Å². The maximum Gasteiger partial charge on any atom is 0.159 e. The van der Waals surface area contributed by atoms with Crippen LogP contribution in [0.2, 0.25) is 0 Å². The van der Waals surface area contributed by atoms with Crippen LogP contribution in [0.5, 0.6) is 5.75 Å². The number of rotatable bonds is 7. The molecule has 1 aliphatic rings. The van der Waals surface area contributed by atoms with Crippen molar-refractivity contribution in [2.24, 2.45) is 0 Å². The summed E-state index contributed by atoms with van der Waals surface area (Å²) in [5.74, 6) is 2.44. The SMILES string of the molecule is COc1ccc2c(CSCC(=O)C3CC(c4ccccc4)=CCN3)c[nH]c2c1. The van der Waals surface area contributed by atoms with E-state index >= 15 is 0 Å². The fourth-order valence-electron chi connectivity index (χ4n) is 3.59. The van der Waals surface area contributed by atoms with Crippen LogP contribution in [0.25, 0.3) is 16.5 Å². The highest BCUT2D eigenvalue weighted by Crippen LogP contribution is 2.27. The Morgan fingerprint density at radius 1 is 1.21 bits per heavy atom. The zero-order chi connectivity index (χ0) is 19.3. The first kappa shape index (κ1) is 18.8. The second kappa shape index (κ2) is 8.67. The van der Waals surface area contributed by atoms with Gasteiger partial charge in [-0.3, -0.25) is 4.79 Å². The second-order valence-electron chi connectivity index (χ2n) is 6.94. The summed E-state index contributed by atoms with van der Waals surface area (Å²) in [7, 11) is 1.67. The minimum Gasteiger partial charge on any atom is -0.497 e. The normalized spacial score (nSPS) is 16.8. The van der Waals surface area contributed by atoms with Crippen LogP contribution in [0.15, 0.2) is 60.8 Å². The lowest BCUT2D eigenvalue weighted by atomic mass is 9.94. The van der Waals surface area contributed by atoms with E-state index in [2.05, 4.69) is 34.6 Å². The average molecular weight is 393 g/mol. The highest BCUT2D eigenvalue weighted by molar-refractivity contribution is 7.99. The Bertz CT molecular complexity index is 994. The van der Waals surface area contributed by atoms with E-state index < -0.39 is 0 Å². The number of carbonyl (C=O) groups excluding carboxylic acids is 1. The molecule has 1 aromatic heterocycles. The number of fused-ring (bicyclic) bond motifs is 1. The average Bonchev–Trinajstić information content (AvgIpc) is 3.16. The quantitative estimate of drug-likeness (QED) is 0.625. The molecular weight excluding hydrogens is 368 g/mol. The van der Waals surface area contributed by atoms with Gasteiger partial charge >= 0.3 is 0 Å². The number of H-pyrrole nitrogens is 1. The second-order valence-corrected chi connectivity index (χ2v) is 7.93. The van der Waals surface area contributed by atoms with Crippen molar-refractivity contribution in [3.63, 3.8) is 0 Å². The van der Waals surface area contributed by atoms with Crippen LogP contribution < -0.4 is 10.1 Å². The topological polar surface area (TPSA) is 54.1 Å². The van der Waals surface area contributed by atoms with Crippen LogP contribution in [-0.4, -0.2) is 36.2 Å². The summed E-state index contributed by atoms with van der Waals surface area (Å²) < 4.78 is 5.27. The number of aromatic nitrogens is 1. The number of hydrogen-bond acceptors (Lipinski definition) is 4. The minimum atomic E-state index is -0.0973. The van der Waals surface area contributed by atoms with Crippen LogP contribution in [0.1, 0.15) is 17.5 Å². The Morgan fingerprint density at radius 2 is 2.07 bits per heavy atom. The Morgan fingerprint density at radius 3 is 2.89 bits per heavy atom. The van der Waals surface area contributed by atoms with Crippen molar-refractivity contribution in [3.8, 4) is 5.75 Å². The van der Waals surface area contributed by atoms with Crippen LogP contribution in [0, 0.1) is 0 Å². The number of Topliss-reactive ketones (excluding diaryl/α,β-unsaturated/α-hetero) is 1. The lowest BCUT2D eigenvalue weighted by Crippen LogP contribution is -2.40. The molecule has 0 saturated heterocycles. The monoisotopic (exact) mass is 392 g/mol. The third-order valence-corrected chi connectivity index (χ3v) is 6.15. The van der Waals surface area contributed by atoms with Gasteiger partial charge in [0.15, 0.2) is 5.78 Å². The minimum absolute atomic E-state index is 0.0973. The summed E-state index contributed by atoms with van der Waals surface area (Å²) in [5.41, 5.74) is 4.75. The van der Waals surface area contributed by atoms with Gasteiger partial charge in [-0.15, -0.1) is 11.8 Å². The maximum atomic E-state index is 12.7. The molecule has 1 atom stereocenters. The van der Waals surface area contributed by atoms with Gasteiger partial charge in [0.05, 0.1) is 18.9 Å². The molecule has 0 aliphatic carbocycles. The third kappa shape index (κ3) is 4.16. The van der Waals surface area contributed by atoms with Crippen molar-refractivity contribution in [1.29, 1.82) is 0 Å². The Hall–Kier alpha value is -2.50. The molecule has 4 nitrogen and oxygen atoms in total. The molecule has 0 amide bonds. The number of hydrogen-bond donors (Lipinski definition) is 2. The summed E-state index contributed by atoms with van der Waals surface area (Å²) in [6.07, 6.45) is 4.97. The molecular formula is C23H24N2O2S. The summed E-state index contributed by atoms with van der Waals surface area (Å²) in [4.78, 5) is 16.0. The van der Waals surface area contributed by atoms with Gasteiger partial charge < -0.3 is 15.0 Å². The van der Waals surface area contributed by atoms with Crippen molar-refractivity contribution in [2.45, 2.75) is 18.2 Å². The van der Waals surface area contributed by atoms with Crippen molar-refractivity contribution in [1.82, 2.24) is 10.3 Å². The number of methoxy groups -OCH3 is 1. The summed E-state index contributed by atoms with van der Waals surface area (Å²) in [6, 6.07) is 16.3. The Labute approximate surface area is 169 Å². The van der Waals surface area contributed by atoms with E-state index in [1.165, 1.54) is 22.1 Å². The van der Waals surface area contributed by atoms with E-state index in [-0.39, 0.29) is 11.8 Å². The Balaban J connectivity index is 1.33. The van der Waals surface area contributed by atoms with Crippen LogP contribution in [-0.2, 0) is 10.5 Å². The third-order valence-electron chi connectivity index (χ3n) is 5.15. The number of nitrogens with one attached hydrogen (secondary N) is 2. The number of thioether (sulfide) groups is 1. The predicted molar refractivity (Wildman–Crippen MR) is 117 cm³/mol. The molecule has 5 heteroatoms. The number of carbonyl (C=O) groups is 1. The number of aromatic amines is 1. The summed E-state index contributed by atoms with van der Waals surface area (Å²) in [6.45, 7) is 0.746. The number of ketones is 1. The predicted octanol–water partition coefficient (Wildman–Crippen LogP) is 4.42. The lowest BCUT2D eigenvalue weighted by molar-refractivity contribution is -0.118. The number of ether oxygens (including phenoxy) is 1. The van der Waals surface area contributed by atoms with Gasteiger partial charge in [0.1, 0.15) is 5.75 Å². The highest BCUT2D eigenvalue weighted by Gasteiger charge is 2.22. The largest absolute Gasteiger partial charge is 0.497 e. The van der Waals surface area contributed by atoms with E-state index in [0.29, 0.717) is 5.75 Å². The van der Waals surface area contributed by atoms with E-state index in [1.807, 2.05) is 36.5 Å². The molecule has 2 heterocycles. The van der Waals surface area contributed by atoms with E-state index in [0.717, 1.165) is 30.0 Å². The standard InChI is InChI=1S/C23H24N2O2S/c1-27-19-7-8-20-18(13-25-21(20)12-19)14-28-15-23(26)22-11-17(9-10-24-22)16-5-3-2-4-6-16/h2-9,12-13,22,24-25H,10-11,14-15H2,1H3. The van der Waals surface area contributed by atoms with Gasteiger partial charge in [-0.25, -0.2) is 0 Å². The van der Waals surface area contributed by atoms with Crippen LogP contribution >= 0.6 is 11.8 Å². The first-order valence-electron chi connectivity index (χ1n) is 9.47. The molecule has 0 saturated carbocycles. The molecule has 3 aromatic rings. The molecule has 0 fully saturated rings. The fourth-order valence-corrected chi connectivity index (χ4v) is 4.55. The summed E-state index contributed by atoms with van der Waals surface area (Å²) >= 11 is 1.67. The smallest absolute Gasteiger partial charge is 0.159 e. The molecule has 1 unspecified atom stereocenters. The van der Waals surface area contributed by atoms with E-state index in [9.17, 15) is 4.79 Å². The zero-order valence-corrected chi connectivity index (χ0v) is 16.7. The maximum absolute atomic E-state index is 12.7. The molecule has 0 bridgehead atoms. The molecule has 1 aliphatic heterocycles. The van der Waals surface area contributed by atoms with Crippen molar-refractivity contribution in [3.05, 3.63) is 71.9 Å². The van der Waals surface area contributed by atoms with Gasteiger partial charge in [-0.05, 0) is 35.3 Å². The van der Waals surface area contributed by atoms with Crippen LogP contribution in [0.4, 0.5) is 0 Å². The highest BCUT2D eigenvalue weighted by atomic mass is 32.2. The molecule has 2 N–H and O–H groups in total. The lowest BCUT2D eigenvalue weighted by Gasteiger charge is -2.23. The van der Waals surface area contributed by atoms with Crippen molar-refractivity contribution < 1.29 is 9.53 Å². The van der Waals surface area contributed by atoms with Gasteiger partial charge in [-0.2, -0.15) is 0 Å². The zero-order valence-electron chi connectivity index (χ0n) is 15.9. The van der Waals surface area contributed by atoms with Gasteiger partial charge in [0, 0.05) is 35.5 Å². The molecule has 4 rings (SSSR count). The Kier molecular flexibility index (Phi) is 5.84. The first-order chi connectivity index (χ1) is 13.7. The molecule has 2 aromatic carbocycles.